The Hall–Kier alpha value is -0.160. The first-order valence-electron chi connectivity index (χ1n) is 5.82. The summed E-state index contributed by atoms with van der Waals surface area (Å²) >= 11 is 0. The minimum absolute atomic E-state index is 0.0358. The molecule has 15 heavy (non-hydrogen) atoms. The Morgan fingerprint density at radius 2 is 2.13 bits per heavy atom. The average molecular weight is 216 g/mol. The summed E-state index contributed by atoms with van der Waals surface area (Å²) in [5.74, 6) is 0. The average Bonchev–Trinajstić information content (AvgIpc) is 2.70. The number of aliphatic hydroxyl groups is 2. The van der Waals surface area contributed by atoms with Crippen LogP contribution < -0.4 is 10.6 Å². The minimum Gasteiger partial charge on any atom is -0.394 e. The second-order valence-corrected chi connectivity index (χ2v) is 4.95. The van der Waals surface area contributed by atoms with Gasteiger partial charge in [0, 0.05) is 12.1 Å². The summed E-state index contributed by atoms with van der Waals surface area (Å²) < 4.78 is 0. The van der Waals surface area contributed by atoms with Gasteiger partial charge in [-0.15, -0.1) is 0 Å². The van der Waals surface area contributed by atoms with Crippen LogP contribution in [0.5, 0.6) is 0 Å². The summed E-state index contributed by atoms with van der Waals surface area (Å²) in [4.78, 5) is 0. The zero-order chi connectivity index (χ0) is 11.3. The molecule has 0 aromatic heterocycles. The standard InChI is InChI=1S/C11H24N2O2/c1-9(6-10-4-3-5-12-10)13-11(2,7-14)8-15/h9-10,12-15H,3-8H2,1-2H3. The predicted molar refractivity (Wildman–Crippen MR) is 60.8 cm³/mol. The van der Waals surface area contributed by atoms with E-state index in [1.165, 1.54) is 12.8 Å². The molecule has 1 fully saturated rings. The molecule has 2 unspecified atom stereocenters. The lowest BCUT2D eigenvalue weighted by Gasteiger charge is -2.31. The summed E-state index contributed by atoms with van der Waals surface area (Å²) in [5.41, 5.74) is -0.558. The topological polar surface area (TPSA) is 64.5 Å². The van der Waals surface area contributed by atoms with Crippen molar-refractivity contribution in [1.82, 2.24) is 10.6 Å². The third kappa shape index (κ3) is 4.07. The largest absolute Gasteiger partial charge is 0.394 e. The first kappa shape index (κ1) is 12.9. The first-order chi connectivity index (χ1) is 7.09. The summed E-state index contributed by atoms with van der Waals surface area (Å²) in [6.07, 6.45) is 3.55. The molecule has 1 aliphatic heterocycles. The molecule has 0 saturated carbocycles. The molecule has 0 radical (unpaired) electrons. The number of aliphatic hydroxyl groups excluding tert-OH is 2. The van der Waals surface area contributed by atoms with E-state index in [4.69, 9.17) is 10.2 Å². The molecule has 1 aliphatic rings. The van der Waals surface area contributed by atoms with Crippen LogP contribution in [-0.4, -0.2) is 47.6 Å². The van der Waals surface area contributed by atoms with Gasteiger partial charge in [0.25, 0.3) is 0 Å². The fourth-order valence-corrected chi connectivity index (χ4v) is 2.18. The van der Waals surface area contributed by atoms with Gasteiger partial charge < -0.3 is 20.8 Å². The van der Waals surface area contributed by atoms with Crippen LogP contribution in [0.3, 0.4) is 0 Å². The van der Waals surface area contributed by atoms with Crippen molar-refractivity contribution in [3.05, 3.63) is 0 Å². The highest BCUT2D eigenvalue weighted by Gasteiger charge is 2.25. The number of hydrogen-bond donors (Lipinski definition) is 4. The van der Waals surface area contributed by atoms with E-state index in [1.807, 2.05) is 6.92 Å². The maximum absolute atomic E-state index is 9.16. The van der Waals surface area contributed by atoms with Crippen LogP contribution >= 0.6 is 0 Å². The molecular formula is C11H24N2O2. The van der Waals surface area contributed by atoms with E-state index in [0.29, 0.717) is 12.1 Å². The van der Waals surface area contributed by atoms with Gasteiger partial charge in [0.05, 0.1) is 18.8 Å². The second-order valence-electron chi connectivity index (χ2n) is 4.95. The third-order valence-corrected chi connectivity index (χ3v) is 3.09. The molecule has 2 atom stereocenters. The molecular weight excluding hydrogens is 192 g/mol. The number of hydrogen-bond acceptors (Lipinski definition) is 4. The Morgan fingerprint density at radius 3 is 2.60 bits per heavy atom. The molecule has 0 amide bonds. The smallest absolute Gasteiger partial charge is 0.0633 e. The van der Waals surface area contributed by atoms with Crippen LogP contribution in [0, 0.1) is 0 Å². The zero-order valence-corrected chi connectivity index (χ0v) is 9.79. The van der Waals surface area contributed by atoms with Gasteiger partial charge in [0.2, 0.25) is 0 Å². The van der Waals surface area contributed by atoms with Gasteiger partial charge in [-0.25, -0.2) is 0 Å². The van der Waals surface area contributed by atoms with Crippen molar-refractivity contribution in [3.63, 3.8) is 0 Å². The molecule has 0 aliphatic carbocycles. The SMILES string of the molecule is CC(CC1CCCN1)NC(C)(CO)CO. The van der Waals surface area contributed by atoms with E-state index in [0.717, 1.165) is 13.0 Å². The predicted octanol–water partition coefficient (Wildman–Crippen LogP) is -0.150. The van der Waals surface area contributed by atoms with E-state index < -0.39 is 5.54 Å². The quantitative estimate of drug-likeness (QED) is 0.498. The normalized spacial score (nSPS) is 24.4. The van der Waals surface area contributed by atoms with Crippen molar-refractivity contribution in [2.75, 3.05) is 19.8 Å². The fraction of sp³-hybridized carbons (Fsp3) is 1.00. The highest BCUT2D eigenvalue weighted by Crippen LogP contribution is 2.13. The molecule has 4 heteroatoms. The van der Waals surface area contributed by atoms with Gasteiger partial charge in [0.15, 0.2) is 0 Å². The van der Waals surface area contributed by atoms with Gasteiger partial charge >= 0.3 is 0 Å². The van der Waals surface area contributed by atoms with Gasteiger partial charge in [-0.2, -0.15) is 0 Å². The molecule has 0 aromatic carbocycles. The fourth-order valence-electron chi connectivity index (χ4n) is 2.18. The highest BCUT2D eigenvalue weighted by molar-refractivity contribution is 4.87. The zero-order valence-electron chi connectivity index (χ0n) is 9.79. The van der Waals surface area contributed by atoms with Gasteiger partial charge in [-0.05, 0) is 39.7 Å². The van der Waals surface area contributed by atoms with Gasteiger partial charge in [-0.3, -0.25) is 0 Å². The minimum atomic E-state index is -0.558. The number of nitrogens with one attached hydrogen (secondary N) is 2. The maximum atomic E-state index is 9.16. The molecule has 1 rings (SSSR count). The van der Waals surface area contributed by atoms with Crippen molar-refractivity contribution in [2.24, 2.45) is 0 Å². The Labute approximate surface area is 92.1 Å². The maximum Gasteiger partial charge on any atom is 0.0633 e. The molecule has 4 nitrogen and oxygen atoms in total. The van der Waals surface area contributed by atoms with E-state index >= 15 is 0 Å². The van der Waals surface area contributed by atoms with Crippen molar-refractivity contribution in [1.29, 1.82) is 0 Å². The Kier molecular flexibility index (Phi) is 4.99. The molecule has 90 valence electrons. The van der Waals surface area contributed by atoms with Crippen molar-refractivity contribution >= 4 is 0 Å². The van der Waals surface area contributed by atoms with Crippen molar-refractivity contribution < 1.29 is 10.2 Å². The molecule has 0 spiro atoms. The lowest BCUT2D eigenvalue weighted by Crippen LogP contribution is -2.53. The molecule has 0 bridgehead atoms. The summed E-state index contributed by atoms with van der Waals surface area (Å²) in [5, 5.41) is 25.0. The molecule has 4 N–H and O–H groups in total. The van der Waals surface area contributed by atoms with Crippen LogP contribution in [0.2, 0.25) is 0 Å². The van der Waals surface area contributed by atoms with Crippen molar-refractivity contribution in [3.8, 4) is 0 Å². The summed E-state index contributed by atoms with van der Waals surface area (Å²) in [6.45, 7) is 4.99. The lowest BCUT2D eigenvalue weighted by molar-refractivity contribution is 0.0936. The van der Waals surface area contributed by atoms with Crippen LogP contribution in [-0.2, 0) is 0 Å². The molecule has 1 saturated heterocycles. The summed E-state index contributed by atoms with van der Waals surface area (Å²) in [7, 11) is 0. The van der Waals surface area contributed by atoms with Crippen LogP contribution in [0.15, 0.2) is 0 Å². The van der Waals surface area contributed by atoms with Gasteiger partial charge in [-0.1, -0.05) is 0 Å². The Balaban J connectivity index is 2.30. The molecule has 0 aromatic rings. The highest BCUT2D eigenvalue weighted by atomic mass is 16.3. The first-order valence-corrected chi connectivity index (χ1v) is 5.82. The second kappa shape index (κ2) is 5.80. The van der Waals surface area contributed by atoms with E-state index in [-0.39, 0.29) is 13.2 Å². The Bertz CT molecular complexity index is 177. The van der Waals surface area contributed by atoms with E-state index in [1.54, 1.807) is 0 Å². The van der Waals surface area contributed by atoms with E-state index in [2.05, 4.69) is 17.6 Å². The monoisotopic (exact) mass is 216 g/mol. The van der Waals surface area contributed by atoms with Crippen LogP contribution in [0.1, 0.15) is 33.1 Å². The van der Waals surface area contributed by atoms with Crippen LogP contribution in [0.25, 0.3) is 0 Å². The number of rotatable bonds is 6. The third-order valence-electron chi connectivity index (χ3n) is 3.09. The van der Waals surface area contributed by atoms with Crippen molar-refractivity contribution in [2.45, 2.75) is 50.7 Å². The van der Waals surface area contributed by atoms with E-state index in [9.17, 15) is 0 Å². The van der Waals surface area contributed by atoms with Crippen LogP contribution in [0.4, 0.5) is 0 Å². The van der Waals surface area contributed by atoms with Gasteiger partial charge in [0.1, 0.15) is 0 Å². The lowest BCUT2D eigenvalue weighted by atomic mass is 10.0. The Morgan fingerprint density at radius 1 is 1.47 bits per heavy atom. The summed E-state index contributed by atoms with van der Waals surface area (Å²) in [6, 6.07) is 0.902. The molecule has 1 heterocycles.